The van der Waals surface area contributed by atoms with E-state index in [0.717, 1.165) is 24.3 Å². The lowest BCUT2D eigenvalue weighted by Gasteiger charge is -2.23. The Bertz CT molecular complexity index is 232. The molecule has 0 aromatic carbocycles. The van der Waals surface area contributed by atoms with E-state index in [1.165, 1.54) is 45.2 Å². The van der Waals surface area contributed by atoms with E-state index < -0.39 is 0 Å². The van der Waals surface area contributed by atoms with Crippen molar-refractivity contribution in [2.45, 2.75) is 58.4 Å². The molecule has 2 aliphatic carbocycles. The van der Waals surface area contributed by atoms with Gasteiger partial charge in [0.15, 0.2) is 0 Å². The number of fused-ring (bicyclic) bond motifs is 2. The molecule has 2 heteroatoms. The molecule has 0 heterocycles. The monoisotopic (exact) mass is 238 g/mol. The fraction of sp³-hybridized carbons (Fsp3) is 1.00. The highest BCUT2D eigenvalue weighted by molar-refractivity contribution is 4.90. The van der Waals surface area contributed by atoms with Crippen molar-refractivity contribution >= 4 is 0 Å². The molecule has 17 heavy (non-hydrogen) atoms. The van der Waals surface area contributed by atoms with Gasteiger partial charge >= 0.3 is 0 Å². The lowest BCUT2D eigenvalue weighted by molar-refractivity contribution is 0.317. The van der Waals surface area contributed by atoms with Crippen molar-refractivity contribution in [1.82, 2.24) is 10.6 Å². The van der Waals surface area contributed by atoms with Crippen molar-refractivity contribution in [2.75, 3.05) is 19.6 Å². The van der Waals surface area contributed by atoms with E-state index in [1.807, 2.05) is 0 Å². The summed E-state index contributed by atoms with van der Waals surface area (Å²) in [5.74, 6) is 3.17. The number of hydrogen-bond acceptors (Lipinski definition) is 2. The second-order valence-corrected chi connectivity index (χ2v) is 7.17. The van der Waals surface area contributed by atoms with Gasteiger partial charge in [0.1, 0.15) is 0 Å². The standard InChI is InChI=1S/C15H30N2/c1-15(2,3)17-8-4-7-16-11-14-10-12-5-6-13(14)9-12/h12-14,16-17H,4-11H2,1-3H3. The van der Waals surface area contributed by atoms with E-state index >= 15 is 0 Å². The molecular weight excluding hydrogens is 208 g/mol. The molecule has 0 aliphatic heterocycles. The Labute approximate surface area is 107 Å². The van der Waals surface area contributed by atoms with Crippen LogP contribution >= 0.6 is 0 Å². The second kappa shape index (κ2) is 5.71. The third-order valence-electron chi connectivity index (χ3n) is 4.48. The van der Waals surface area contributed by atoms with Gasteiger partial charge in [0.25, 0.3) is 0 Å². The van der Waals surface area contributed by atoms with E-state index in [-0.39, 0.29) is 5.54 Å². The number of rotatable bonds is 6. The molecule has 2 aliphatic rings. The Hall–Kier alpha value is -0.0800. The minimum Gasteiger partial charge on any atom is -0.316 e. The highest BCUT2D eigenvalue weighted by Crippen LogP contribution is 2.47. The largest absolute Gasteiger partial charge is 0.316 e. The van der Waals surface area contributed by atoms with Gasteiger partial charge in [-0.1, -0.05) is 6.42 Å². The Balaban J connectivity index is 1.47. The van der Waals surface area contributed by atoms with Gasteiger partial charge in [-0.2, -0.15) is 0 Å². The zero-order chi connectivity index (χ0) is 12.3. The normalized spacial score (nSPS) is 32.3. The van der Waals surface area contributed by atoms with Crippen molar-refractivity contribution in [3.8, 4) is 0 Å². The molecule has 2 fully saturated rings. The molecule has 100 valence electrons. The first-order valence-corrected chi connectivity index (χ1v) is 7.50. The van der Waals surface area contributed by atoms with Crippen LogP contribution in [0.25, 0.3) is 0 Å². The summed E-state index contributed by atoms with van der Waals surface area (Å²) in [6.45, 7) is 10.3. The maximum absolute atomic E-state index is 3.66. The van der Waals surface area contributed by atoms with Crippen molar-refractivity contribution in [2.24, 2.45) is 17.8 Å². The minimum atomic E-state index is 0.268. The minimum absolute atomic E-state index is 0.268. The van der Waals surface area contributed by atoms with Gasteiger partial charge < -0.3 is 10.6 Å². The van der Waals surface area contributed by atoms with Gasteiger partial charge in [0.05, 0.1) is 0 Å². The Morgan fingerprint density at radius 2 is 1.88 bits per heavy atom. The first-order chi connectivity index (χ1) is 8.04. The van der Waals surface area contributed by atoms with Crippen LogP contribution in [-0.2, 0) is 0 Å². The lowest BCUT2D eigenvalue weighted by atomic mass is 9.89. The fourth-order valence-corrected chi connectivity index (χ4v) is 3.59. The van der Waals surface area contributed by atoms with E-state index in [2.05, 4.69) is 31.4 Å². The average molecular weight is 238 g/mol. The summed E-state index contributed by atoms with van der Waals surface area (Å²) in [7, 11) is 0. The molecule has 0 saturated heterocycles. The van der Waals surface area contributed by atoms with Crippen molar-refractivity contribution in [1.29, 1.82) is 0 Å². The highest BCUT2D eigenvalue weighted by atomic mass is 14.9. The van der Waals surface area contributed by atoms with Gasteiger partial charge in [-0.15, -0.1) is 0 Å². The van der Waals surface area contributed by atoms with E-state index in [0.29, 0.717) is 0 Å². The maximum atomic E-state index is 3.66. The van der Waals surface area contributed by atoms with Crippen LogP contribution in [0, 0.1) is 17.8 Å². The summed E-state index contributed by atoms with van der Waals surface area (Å²) >= 11 is 0. The topological polar surface area (TPSA) is 24.1 Å². The summed E-state index contributed by atoms with van der Waals surface area (Å²) in [5, 5.41) is 7.20. The number of nitrogens with one attached hydrogen (secondary N) is 2. The predicted octanol–water partition coefficient (Wildman–Crippen LogP) is 2.79. The van der Waals surface area contributed by atoms with Gasteiger partial charge in [0.2, 0.25) is 0 Å². The van der Waals surface area contributed by atoms with E-state index in [9.17, 15) is 0 Å². The van der Waals surface area contributed by atoms with Gasteiger partial charge in [-0.25, -0.2) is 0 Å². The zero-order valence-electron chi connectivity index (χ0n) is 11.9. The molecule has 3 atom stereocenters. The third kappa shape index (κ3) is 4.26. The predicted molar refractivity (Wildman–Crippen MR) is 74.2 cm³/mol. The molecule has 2 nitrogen and oxygen atoms in total. The second-order valence-electron chi connectivity index (χ2n) is 7.17. The van der Waals surface area contributed by atoms with Crippen LogP contribution in [0.1, 0.15) is 52.9 Å². The molecule has 0 aromatic heterocycles. The van der Waals surface area contributed by atoms with Crippen LogP contribution in [0.3, 0.4) is 0 Å². The molecule has 2 N–H and O–H groups in total. The molecular formula is C15H30N2. The van der Waals surface area contributed by atoms with Gasteiger partial charge in [-0.05, 0) is 83.8 Å². The molecule has 0 aromatic rings. The molecule has 0 amide bonds. The molecule has 0 radical (unpaired) electrons. The van der Waals surface area contributed by atoms with Crippen LogP contribution in [0.5, 0.6) is 0 Å². The van der Waals surface area contributed by atoms with E-state index in [1.54, 1.807) is 0 Å². The summed E-state index contributed by atoms with van der Waals surface area (Å²) in [6, 6.07) is 0. The highest BCUT2D eigenvalue weighted by Gasteiger charge is 2.38. The summed E-state index contributed by atoms with van der Waals surface area (Å²) in [6.07, 6.45) is 7.34. The maximum Gasteiger partial charge on any atom is 0.00965 e. The van der Waals surface area contributed by atoms with Crippen molar-refractivity contribution in [3.63, 3.8) is 0 Å². The fourth-order valence-electron chi connectivity index (χ4n) is 3.59. The molecule has 3 unspecified atom stereocenters. The smallest absolute Gasteiger partial charge is 0.00965 e. The Morgan fingerprint density at radius 1 is 1.06 bits per heavy atom. The van der Waals surface area contributed by atoms with Crippen LogP contribution in [-0.4, -0.2) is 25.2 Å². The van der Waals surface area contributed by atoms with Crippen LogP contribution in [0.2, 0.25) is 0 Å². The first-order valence-electron chi connectivity index (χ1n) is 7.50. The summed E-state index contributed by atoms with van der Waals surface area (Å²) < 4.78 is 0. The van der Waals surface area contributed by atoms with E-state index in [4.69, 9.17) is 0 Å². The van der Waals surface area contributed by atoms with Gasteiger partial charge in [0, 0.05) is 5.54 Å². The SMILES string of the molecule is CC(C)(C)NCCCNCC1CC2CCC1C2. The van der Waals surface area contributed by atoms with Crippen molar-refractivity contribution in [3.05, 3.63) is 0 Å². The Kier molecular flexibility index (Phi) is 4.48. The van der Waals surface area contributed by atoms with Crippen molar-refractivity contribution < 1.29 is 0 Å². The summed E-state index contributed by atoms with van der Waals surface area (Å²) in [4.78, 5) is 0. The Morgan fingerprint density at radius 3 is 2.47 bits per heavy atom. The number of hydrogen-bond donors (Lipinski definition) is 2. The third-order valence-corrected chi connectivity index (χ3v) is 4.48. The van der Waals surface area contributed by atoms with Crippen LogP contribution in [0.4, 0.5) is 0 Å². The molecule has 0 spiro atoms. The molecule has 2 rings (SSSR count). The molecule has 2 saturated carbocycles. The van der Waals surface area contributed by atoms with Gasteiger partial charge in [-0.3, -0.25) is 0 Å². The first kappa shape index (κ1) is 13.4. The zero-order valence-corrected chi connectivity index (χ0v) is 11.9. The summed E-state index contributed by atoms with van der Waals surface area (Å²) in [5.41, 5.74) is 0.268. The average Bonchev–Trinajstić information content (AvgIpc) is 2.83. The van der Waals surface area contributed by atoms with Crippen LogP contribution < -0.4 is 10.6 Å². The molecule has 2 bridgehead atoms. The lowest BCUT2D eigenvalue weighted by Crippen LogP contribution is -2.37. The van der Waals surface area contributed by atoms with Crippen LogP contribution in [0.15, 0.2) is 0 Å². The quantitative estimate of drug-likeness (QED) is 0.695.